The van der Waals surface area contributed by atoms with Gasteiger partial charge in [-0.15, -0.1) is 0 Å². The third-order valence-electron chi connectivity index (χ3n) is 3.94. The van der Waals surface area contributed by atoms with E-state index in [1.807, 2.05) is 13.0 Å². The molecule has 0 radical (unpaired) electrons. The van der Waals surface area contributed by atoms with E-state index in [1.165, 1.54) is 0 Å². The van der Waals surface area contributed by atoms with Gasteiger partial charge in [-0.1, -0.05) is 6.07 Å². The average Bonchev–Trinajstić information content (AvgIpc) is 3.05. The van der Waals surface area contributed by atoms with Crippen molar-refractivity contribution in [1.29, 1.82) is 0 Å². The van der Waals surface area contributed by atoms with E-state index in [2.05, 4.69) is 39.1 Å². The maximum absolute atomic E-state index is 5.51. The molecule has 0 saturated carbocycles. The summed E-state index contributed by atoms with van der Waals surface area (Å²) in [6, 6.07) is 6.40. The highest BCUT2D eigenvalue weighted by Gasteiger charge is 2.22. The molecule has 0 unspecified atom stereocenters. The number of rotatable bonds is 3. The Bertz CT molecular complexity index is 665. The molecule has 0 amide bonds. The van der Waals surface area contributed by atoms with Crippen molar-refractivity contribution in [3.05, 3.63) is 41.3 Å². The number of aromatic nitrogens is 3. The van der Waals surface area contributed by atoms with Crippen LogP contribution in [0.1, 0.15) is 23.9 Å². The van der Waals surface area contributed by atoms with Crippen molar-refractivity contribution < 1.29 is 4.74 Å². The minimum Gasteiger partial charge on any atom is -0.377 e. The summed E-state index contributed by atoms with van der Waals surface area (Å²) in [4.78, 5) is 11.5. The molecular weight excluding hydrogens is 278 g/mol. The summed E-state index contributed by atoms with van der Waals surface area (Å²) in [6.45, 7) is 6.54. The zero-order chi connectivity index (χ0) is 15.5. The molecule has 1 fully saturated rings. The van der Waals surface area contributed by atoms with Crippen LogP contribution >= 0.6 is 0 Å². The van der Waals surface area contributed by atoms with Gasteiger partial charge in [0, 0.05) is 19.8 Å². The van der Waals surface area contributed by atoms with E-state index in [9.17, 15) is 0 Å². The van der Waals surface area contributed by atoms with Gasteiger partial charge < -0.3 is 9.64 Å². The Labute approximate surface area is 130 Å². The van der Waals surface area contributed by atoms with E-state index in [0.717, 1.165) is 48.2 Å². The van der Waals surface area contributed by atoms with Gasteiger partial charge in [-0.2, -0.15) is 5.10 Å². The highest BCUT2D eigenvalue weighted by Crippen LogP contribution is 2.21. The zero-order valence-corrected chi connectivity index (χ0v) is 13.2. The fourth-order valence-electron chi connectivity index (χ4n) is 2.72. The van der Waals surface area contributed by atoms with Crippen molar-refractivity contribution in [3.8, 4) is 0 Å². The molecule has 116 valence electrons. The first kappa shape index (κ1) is 14.7. The quantitative estimate of drug-likeness (QED) is 0.878. The van der Waals surface area contributed by atoms with Crippen LogP contribution in [0.5, 0.6) is 0 Å². The van der Waals surface area contributed by atoms with Gasteiger partial charge in [0.2, 0.25) is 0 Å². The average molecular weight is 299 g/mol. The minimum atomic E-state index is 0.323. The Kier molecular flexibility index (Phi) is 4.20. The van der Waals surface area contributed by atoms with Crippen molar-refractivity contribution in [2.75, 3.05) is 31.7 Å². The molecule has 6 nitrogen and oxygen atoms in total. The number of nitrogens with zero attached hydrogens (tertiary/aromatic N) is 4. The molecule has 2 aromatic rings. The molecule has 3 rings (SSSR count). The number of aryl methyl sites for hydroxylation is 1. The highest BCUT2D eigenvalue weighted by molar-refractivity contribution is 6.11. The Hall–Kier alpha value is -2.21. The maximum Gasteiger partial charge on any atom is 0.129 e. The highest BCUT2D eigenvalue weighted by atomic mass is 16.5. The third-order valence-corrected chi connectivity index (χ3v) is 3.94. The molecule has 3 heterocycles. The lowest BCUT2D eigenvalue weighted by molar-refractivity contribution is 0.0985. The number of hydrogen-bond donors (Lipinski definition) is 1. The van der Waals surface area contributed by atoms with E-state index < -0.39 is 0 Å². The molecule has 0 aliphatic carbocycles. The predicted octanol–water partition coefficient (Wildman–Crippen LogP) is 1.81. The first-order chi connectivity index (χ1) is 10.7. The molecule has 22 heavy (non-hydrogen) atoms. The number of nitrogens with one attached hydrogen (secondary N) is 1. The summed E-state index contributed by atoms with van der Waals surface area (Å²) in [7, 11) is 1.77. The summed E-state index contributed by atoms with van der Waals surface area (Å²) in [5.74, 6) is 0.966. The van der Waals surface area contributed by atoms with Gasteiger partial charge in [-0.25, -0.2) is 4.98 Å². The molecule has 1 N–H and O–H groups in total. The second-order valence-electron chi connectivity index (χ2n) is 5.48. The number of hydrogen-bond acceptors (Lipinski definition) is 5. The van der Waals surface area contributed by atoms with Gasteiger partial charge in [0.05, 0.1) is 24.9 Å². The van der Waals surface area contributed by atoms with Crippen LogP contribution in [0.15, 0.2) is 29.4 Å². The molecule has 6 heteroatoms. The lowest BCUT2D eigenvalue weighted by Gasteiger charge is -2.34. The topological polar surface area (TPSA) is 66.4 Å². The minimum absolute atomic E-state index is 0.323. The second kappa shape index (κ2) is 6.27. The Morgan fingerprint density at radius 1 is 1.41 bits per heavy atom. The van der Waals surface area contributed by atoms with Crippen molar-refractivity contribution in [3.63, 3.8) is 0 Å². The monoisotopic (exact) mass is 299 g/mol. The van der Waals surface area contributed by atoms with E-state index in [0.29, 0.717) is 6.04 Å². The first-order valence-electron chi connectivity index (χ1n) is 7.50. The van der Waals surface area contributed by atoms with Gasteiger partial charge in [-0.3, -0.25) is 10.1 Å². The molecule has 1 aliphatic rings. The van der Waals surface area contributed by atoms with E-state index >= 15 is 0 Å². The SMILES string of the molecule is C/N=C(/c1cc[nH]n1)c1nc(N2CCOC[C@H]2C)ccc1C. The molecule has 0 aromatic carbocycles. The predicted molar refractivity (Wildman–Crippen MR) is 86.8 cm³/mol. The Morgan fingerprint density at radius 3 is 2.95 bits per heavy atom. The normalized spacial score (nSPS) is 19.5. The fourth-order valence-corrected chi connectivity index (χ4v) is 2.72. The summed E-state index contributed by atoms with van der Waals surface area (Å²) < 4.78 is 5.51. The largest absolute Gasteiger partial charge is 0.377 e. The molecular formula is C16H21N5O. The molecule has 0 spiro atoms. The number of pyridine rings is 1. The smallest absolute Gasteiger partial charge is 0.129 e. The molecule has 1 atom stereocenters. The van der Waals surface area contributed by atoms with Crippen LogP contribution in [0.2, 0.25) is 0 Å². The van der Waals surface area contributed by atoms with Crippen LogP contribution in [0.25, 0.3) is 0 Å². The van der Waals surface area contributed by atoms with Crippen molar-refractivity contribution in [2.24, 2.45) is 4.99 Å². The third kappa shape index (κ3) is 2.74. The lowest BCUT2D eigenvalue weighted by Crippen LogP contribution is -2.44. The van der Waals surface area contributed by atoms with E-state index in [4.69, 9.17) is 9.72 Å². The number of anilines is 1. The molecule has 2 aromatic heterocycles. The number of H-pyrrole nitrogens is 1. The Morgan fingerprint density at radius 2 is 2.27 bits per heavy atom. The first-order valence-corrected chi connectivity index (χ1v) is 7.50. The van der Waals surface area contributed by atoms with Crippen LogP contribution < -0.4 is 4.90 Å². The second-order valence-corrected chi connectivity index (χ2v) is 5.48. The summed E-state index contributed by atoms with van der Waals surface area (Å²) >= 11 is 0. The summed E-state index contributed by atoms with van der Waals surface area (Å²) in [5.41, 5.74) is 3.59. The number of aliphatic imine (C=N–C) groups is 1. The van der Waals surface area contributed by atoms with Gasteiger partial charge in [0.25, 0.3) is 0 Å². The zero-order valence-electron chi connectivity index (χ0n) is 13.2. The lowest BCUT2D eigenvalue weighted by atomic mass is 10.1. The maximum atomic E-state index is 5.51. The number of morpholine rings is 1. The molecule has 1 saturated heterocycles. The van der Waals surface area contributed by atoms with Crippen LogP contribution in [-0.2, 0) is 4.74 Å². The van der Waals surface area contributed by atoms with E-state index in [-0.39, 0.29) is 0 Å². The van der Waals surface area contributed by atoms with Gasteiger partial charge in [0.15, 0.2) is 0 Å². The number of ether oxygens (including phenoxy) is 1. The van der Waals surface area contributed by atoms with Crippen molar-refractivity contribution in [1.82, 2.24) is 15.2 Å². The molecule has 0 bridgehead atoms. The standard InChI is InChI=1S/C16H21N5O/c1-11-4-5-14(21-8-9-22-10-12(21)2)19-15(11)16(17-3)13-6-7-18-20-13/h4-7,12H,8-10H2,1-3H3,(H,18,20)/b17-16-/t12-/m1/s1. The molecule has 1 aliphatic heterocycles. The summed E-state index contributed by atoms with van der Waals surface area (Å²) in [5, 5.41) is 7.07. The van der Waals surface area contributed by atoms with Crippen LogP contribution in [0.4, 0.5) is 5.82 Å². The fraction of sp³-hybridized carbons (Fsp3) is 0.438. The van der Waals surface area contributed by atoms with Crippen LogP contribution in [0, 0.1) is 6.92 Å². The Balaban J connectivity index is 1.99. The van der Waals surface area contributed by atoms with Crippen LogP contribution in [0.3, 0.4) is 0 Å². The van der Waals surface area contributed by atoms with Crippen molar-refractivity contribution >= 4 is 11.5 Å². The van der Waals surface area contributed by atoms with Crippen LogP contribution in [-0.4, -0.2) is 53.7 Å². The van der Waals surface area contributed by atoms with E-state index in [1.54, 1.807) is 13.2 Å². The van der Waals surface area contributed by atoms with Gasteiger partial charge in [-0.05, 0) is 31.5 Å². The van der Waals surface area contributed by atoms with Gasteiger partial charge >= 0.3 is 0 Å². The summed E-state index contributed by atoms with van der Waals surface area (Å²) in [6.07, 6.45) is 1.80. The van der Waals surface area contributed by atoms with Gasteiger partial charge in [0.1, 0.15) is 17.2 Å². The number of aromatic amines is 1. The van der Waals surface area contributed by atoms with Crippen molar-refractivity contribution in [2.45, 2.75) is 19.9 Å².